The number of nitrogens with zero attached hydrogens (tertiary/aromatic N) is 4. The van der Waals surface area contributed by atoms with E-state index < -0.39 is 0 Å². The number of thioether (sulfide) groups is 1. The number of rotatable bonds is 8. The standard InChI is InChI=1S/C17H20N4OS/c1-4-10-20(11-5-2)16(22)12-23-17-19-18-13-21(17)15-9-7-6-8-14(15)3/h4-9,13H,1-2,10-12H2,3H3. The lowest BCUT2D eigenvalue weighted by atomic mass is 10.2. The molecule has 2 aromatic rings. The Labute approximate surface area is 140 Å². The van der Waals surface area contributed by atoms with Gasteiger partial charge in [0.25, 0.3) is 0 Å². The van der Waals surface area contributed by atoms with Crippen molar-refractivity contribution in [1.29, 1.82) is 0 Å². The van der Waals surface area contributed by atoms with E-state index in [1.807, 2.05) is 35.8 Å². The zero-order valence-corrected chi connectivity index (χ0v) is 14.0. The highest BCUT2D eigenvalue weighted by Crippen LogP contribution is 2.21. The summed E-state index contributed by atoms with van der Waals surface area (Å²) in [6.45, 7) is 10.4. The molecule has 0 aliphatic rings. The predicted molar refractivity (Wildman–Crippen MR) is 93.8 cm³/mol. The molecule has 0 spiro atoms. The lowest BCUT2D eigenvalue weighted by Gasteiger charge is -2.18. The van der Waals surface area contributed by atoms with Crippen LogP contribution in [0.1, 0.15) is 5.56 Å². The molecule has 0 radical (unpaired) electrons. The van der Waals surface area contributed by atoms with Crippen molar-refractivity contribution in [2.24, 2.45) is 0 Å². The predicted octanol–water partition coefficient (Wildman–Crippen LogP) is 2.87. The van der Waals surface area contributed by atoms with Gasteiger partial charge in [-0.15, -0.1) is 23.4 Å². The number of hydrogen-bond acceptors (Lipinski definition) is 4. The van der Waals surface area contributed by atoms with Crippen molar-refractivity contribution in [1.82, 2.24) is 19.7 Å². The largest absolute Gasteiger partial charge is 0.335 e. The Morgan fingerprint density at radius 1 is 1.30 bits per heavy atom. The number of benzene rings is 1. The summed E-state index contributed by atoms with van der Waals surface area (Å²) in [6.07, 6.45) is 5.09. The maximum absolute atomic E-state index is 12.3. The third-order valence-corrected chi connectivity index (χ3v) is 4.20. The van der Waals surface area contributed by atoms with E-state index in [0.717, 1.165) is 11.3 Å². The number of aromatic nitrogens is 3. The van der Waals surface area contributed by atoms with Gasteiger partial charge in [0.05, 0.1) is 11.4 Å². The quantitative estimate of drug-likeness (QED) is 0.552. The lowest BCUT2D eigenvalue weighted by molar-refractivity contribution is -0.127. The van der Waals surface area contributed by atoms with Gasteiger partial charge in [-0.2, -0.15) is 0 Å². The minimum Gasteiger partial charge on any atom is -0.335 e. The summed E-state index contributed by atoms with van der Waals surface area (Å²) < 4.78 is 1.90. The fourth-order valence-electron chi connectivity index (χ4n) is 2.13. The summed E-state index contributed by atoms with van der Waals surface area (Å²) in [5, 5.41) is 8.79. The minimum atomic E-state index is 0.0223. The van der Waals surface area contributed by atoms with Gasteiger partial charge in [0.1, 0.15) is 6.33 Å². The topological polar surface area (TPSA) is 51.0 Å². The Kier molecular flexibility index (Phi) is 6.17. The van der Waals surface area contributed by atoms with Gasteiger partial charge >= 0.3 is 0 Å². The summed E-state index contributed by atoms with van der Waals surface area (Å²) in [5.74, 6) is 0.320. The van der Waals surface area contributed by atoms with Crippen LogP contribution in [-0.4, -0.2) is 44.4 Å². The second kappa shape index (κ2) is 8.33. The monoisotopic (exact) mass is 328 g/mol. The van der Waals surface area contributed by atoms with Gasteiger partial charge in [-0.05, 0) is 18.6 Å². The molecular weight excluding hydrogens is 308 g/mol. The van der Waals surface area contributed by atoms with Crippen molar-refractivity contribution in [2.75, 3.05) is 18.8 Å². The van der Waals surface area contributed by atoms with E-state index in [-0.39, 0.29) is 5.91 Å². The zero-order chi connectivity index (χ0) is 16.7. The normalized spacial score (nSPS) is 10.3. The molecule has 0 saturated carbocycles. The molecule has 1 heterocycles. The summed E-state index contributed by atoms with van der Waals surface area (Å²) in [7, 11) is 0. The average Bonchev–Trinajstić information content (AvgIpc) is 3.01. The molecular formula is C17H20N4OS. The van der Waals surface area contributed by atoms with Gasteiger partial charge in [-0.25, -0.2) is 0 Å². The number of amides is 1. The average molecular weight is 328 g/mol. The van der Waals surface area contributed by atoms with Crippen molar-refractivity contribution in [3.63, 3.8) is 0 Å². The molecule has 1 aromatic carbocycles. The van der Waals surface area contributed by atoms with Crippen molar-refractivity contribution >= 4 is 17.7 Å². The van der Waals surface area contributed by atoms with Crippen molar-refractivity contribution in [3.05, 3.63) is 61.5 Å². The minimum absolute atomic E-state index is 0.0223. The first kappa shape index (κ1) is 17.0. The third-order valence-electron chi connectivity index (χ3n) is 3.27. The van der Waals surface area contributed by atoms with Crippen LogP contribution in [0.5, 0.6) is 0 Å². The molecule has 2 rings (SSSR count). The first-order valence-corrected chi connectivity index (χ1v) is 8.24. The van der Waals surface area contributed by atoms with E-state index in [4.69, 9.17) is 0 Å². The lowest BCUT2D eigenvalue weighted by Crippen LogP contribution is -2.32. The molecule has 1 aromatic heterocycles. The molecule has 0 fully saturated rings. The van der Waals surface area contributed by atoms with Crippen LogP contribution >= 0.6 is 11.8 Å². The number of hydrogen-bond donors (Lipinski definition) is 0. The van der Waals surface area contributed by atoms with Crippen LogP contribution in [0.25, 0.3) is 5.69 Å². The van der Waals surface area contributed by atoms with E-state index in [0.29, 0.717) is 24.0 Å². The summed E-state index contributed by atoms with van der Waals surface area (Å²) in [6, 6.07) is 8.00. The van der Waals surface area contributed by atoms with E-state index in [2.05, 4.69) is 23.4 Å². The van der Waals surface area contributed by atoms with Gasteiger partial charge in [0.15, 0.2) is 5.16 Å². The molecule has 6 heteroatoms. The Morgan fingerprint density at radius 3 is 2.65 bits per heavy atom. The first-order chi connectivity index (χ1) is 11.2. The Morgan fingerprint density at radius 2 is 2.00 bits per heavy atom. The summed E-state index contributed by atoms with van der Waals surface area (Å²) >= 11 is 1.37. The van der Waals surface area contributed by atoms with Gasteiger partial charge in [-0.3, -0.25) is 9.36 Å². The fraction of sp³-hybridized carbons (Fsp3) is 0.235. The third kappa shape index (κ3) is 4.32. The number of para-hydroxylation sites is 1. The van der Waals surface area contributed by atoms with E-state index in [1.54, 1.807) is 23.4 Å². The zero-order valence-electron chi connectivity index (χ0n) is 13.2. The molecule has 120 valence electrons. The molecule has 0 aliphatic heterocycles. The fourth-order valence-corrected chi connectivity index (χ4v) is 2.95. The highest BCUT2D eigenvalue weighted by Gasteiger charge is 2.14. The van der Waals surface area contributed by atoms with Crippen LogP contribution in [0.4, 0.5) is 0 Å². The molecule has 0 unspecified atom stereocenters. The van der Waals surface area contributed by atoms with Crippen LogP contribution in [-0.2, 0) is 4.79 Å². The van der Waals surface area contributed by atoms with Gasteiger partial charge in [-0.1, -0.05) is 42.1 Å². The van der Waals surface area contributed by atoms with E-state index >= 15 is 0 Å². The van der Waals surface area contributed by atoms with Crippen LogP contribution in [0.15, 0.2) is 61.1 Å². The molecule has 0 N–H and O–H groups in total. The second-order valence-corrected chi connectivity index (χ2v) is 5.88. The van der Waals surface area contributed by atoms with Gasteiger partial charge in [0.2, 0.25) is 5.91 Å². The molecule has 0 atom stereocenters. The van der Waals surface area contributed by atoms with E-state index in [9.17, 15) is 4.79 Å². The Bertz CT molecular complexity index is 685. The van der Waals surface area contributed by atoms with Crippen LogP contribution < -0.4 is 0 Å². The second-order valence-electron chi connectivity index (χ2n) is 4.93. The maximum atomic E-state index is 12.3. The smallest absolute Gasteiger partial charge is 0.233 e. The maximum Gasteiger partial charge on any atom is 0.233 e. The van der Waals surface area contributed by atoms with Crippen LogP contribution in [0.3, 0.4) is 0 Å². The number of aryl methyl sites for hydroxylation is 1. The highest BCUT2D eigenvalue weighted by atomic mass is 32.2. The molecule has 5 nitrogen and oxygen atoms in total. The van der Waals surface area contributed by atoms with Crippen LogP contribution in [0, 0.1) is 6.92 Å². The Hall–Kier alpha value is -2.34. The highest BCUT2D eigenvalue weighted by molar-refractivity contribution is 7.99. The first-order valence-electron chi connectivity index (χ1n) is 7.25. The Balaban J connectivity index is 2.09. The molecule has 0 saturated heterocycles. The summed E-state index contributed by atoms with van der Waals surface area (Å²) in [5.41, 5.74) is 2.14. The van der Waals surface area contributed by atoms with Gasteiger partial charge < -0.3 is 4.90 Å². The number of carbonyl (C=O) groups is 1. The number of carbonyl (C=O) groups excluding carboxylic acids is 1. The molecule has 1 amide bonds. The molecule has 0 aliphatic carbocycles. The molecule has 0 bridgehead atoms. The molecule has 23 heavy (non-hydrogen) atoms. The van der Waals surface area contributed by atoms with Crippen molar-refractivity contribution in [2.45, 2.75) is 12.1 Å². The van der Waals surface area contributed by atoms with Crippen LogP contribution in [0.2, 0.25) is 0 Å². The van der Waals surface area contributed by atoms with Crippen molar-refractivity contribution in [3.8, 4) is 5.69 Å². The van der Waals surface area contributed by atoms with Crippen molar-refractivity contribution < 1.29 is 4.79 Å². The van der Waals surface area contributed by atoms with Gasteiger partial charge in [0, 0.05) is 13.1 Å². The SMILES string of the molecule is C=CCN(CC=C)C(=O)CSc1nncn1-c1ccccc1C. The van der Waals surface area contributed by atoms with E-state index in [1.165, 1.54) is 11.8 Å². The summed E-state index contributed by atoms with van der Waals surface area (Å²) in [4.78, 5) is 14.0.